The number of amides is 1. The van der Waals surface area contributed by atoms with Gasteiger partial charge in [-0.25, -0.2) is 9.18 Å². The van der Waals surface area contributed by atoms with Crippen molar-refractivity contribution in [3.05, 3.63) is 58.9 Å². The third-order valence-electron chi connectivity index (χ3n) is 4.76. The molecule has 0 aliphatic carbocycles. The minimum Gasteiger partial charge on any atom is -0.493 e. The van der Waals surface area contributed by atoms with Gasteiger partial charge in [-0.15, -0.1) is 0 Å². The molecule has 31 heavy (non-hydrogen) atoms. The van der Waals surface area contributed by atoms with Gasteiger partial charge in [-0.1, -0.05) is 26.0 Å². The first kappa shape index (κ1) is 22.6. The number of para-hydroxylation sites is 1. The third-order valence-corrected chi connectivity index (χ3v) is 4.76. The lowest BCUT2D eigenvalue weighted by molar-refractivity contribution is -0.148. The minimum absolute atomic E-state index is 0.0451. The quantitative estimate of drug-likeness (QED) is 0.644. The highest BCUT2D eigenvalue weighted by Crippen LogP contribution is 2.30. The molecule has 0 radical (unpaired) electrons. The first-order valence-electron chi connectivity index (χ1n) is 10.1. The van der Waals surface area contributed by atoms with Crippen LogP contribution in [0.4, 0.5) is 4.39 Å². The second-order valence-corrected chi connectivity index (χ2v) is 7.40. The summed E-state index contributed by atoms with van der Waals surface area (Å²) in [5.41, 5.74) is 1.29. The molecule has 0 saturated heterocycles. The van der Waals surface area contributed by atoms with E-state index in [1.165, 1.54) is 12.1 Å². The summed E-state index contributed by atoms with van der Waals surface area (Å²) in [6, 6.07) is 8.50. The summed E-state index contributed by atoms with van der Waals surface area (Å²) in [6.45, 7) is 5.90. The van der Waals surface area contributed by atoms with Crippen molar-refractivity contribution in [2.75, 3.05) is 13.4 Å². The van der Waals surface area contributed by atoms with Gasteiger partial charge in [-0.2, -0.15) is 0 Å². The second-order valence-electron chi connectivity index (χ2n) is 7.40. The van der Waals surface area contributed by atoms with Crippen molar-refractivity contribution in [1.82, 2.24) is 5.32 Å². The minimum atomic E-state index is -0.893. The maximum atomic E-state index is 13.9. The smallest absolute Gasteiger partial charge is 0.329 e. The molecule has 0 saturated carbocycles. The van der Waals surface area contributed by atoms with Crippen LogP contribution in [0.1, 0.15) is 42.3 Å². The number of hydrogen-bond acceptors (Lipinski definition) is 6. The molecule has 1 N–H and O–H groups in total. The van der Waals surface area contributed by atoms with Crippen LogP contribution >= 0.6 is 0 Å². The number of hydrogen-bond donors (Lipinski definition) is 1. The number of benzene rings is 2. The van der Waals surface area contributed by atoms with Gasteiger partial charge in [0, 0.05) is 11.1 Å². The fourth-order valence-corrected chi connectivity index (χ4v) is 3.25. The summed E-state index contributed by atoms with van der Waals surface area (Å²) in [5, 5.41) is 2.72. The molecule has 7 nitrogen and oxygen atoms in total. The summed E-state index contributed by atoms with van der Waals surface area (Å²) in [4.78, 5) is 25.5. The van der Waals surface area contributed by atoms with Crippen molar-refractivity contribution in [2.24, 2.45) is 5.92 Å². The molecule has 8 heteroatoms. The summed E-state index contributed by atoms with van der Waals surface area (Å²) >= 11 is 0. The average Bonchev–Trinajstić information content (AvgIpc) is 2.75. The Balaban J connectivity index is 1.71. The molecule has 1 aliphatic rings. The summed E-state index contributed by atoms with van der Waals surface area (Å²) in [5.74, 6) is -0.882. The van der Waals surface area contributed by atoms with E-state index in [0.29, 0.717) is 34.8 Å². The molecule has 1 amide bonds. The van der Waals surface area contributed by atoms with Gasteiger partial charge in [0.2, 0.25) is 0 Å². The molecular formula is C23H26FNO6. The molecule has 0 spiro atoms. The Hall–Kier alpha value is -3.13. The Labute approximate surface area is 180 Å². The van der Waals surface area contributed by atoms with E-state index in [1.807, 2.05) is 6.92 Å². The number of rotatable bonds is 8. The molecule has 0 aromatic heterocycles. The van der Waals surface area contributed by atoms with Crippen molar-refractivity contribution in [1.29, 1.82) is 0 Å². The molecule has 0 unspecified atom stereocenters. The number of carbonyl (C=O) groups is 2. The lowest BCUT2D eigenvalue weighted by Gasteiger charge is -2.23. The number of esters is 1. The van der Waals surface area contributed by atoms with E-state index < -0.39 is 23.7 Å². The van der Waals surface area contributed by atoms with Gasteiger partial charge in [-0.05, 0) is 37.1 Å². The maximum absolute atomic E-state index is 13.9. The highest BCUT2D eigenvalue weighted by Gasteiger charge is 2.28. The van der Waals surface area contributed by atoms with Crippen molar-refractivity contribution >= 4 is 11.9 Å². The van der Waals surface area contributed by atoms with Crippen molar-refractivity contribution < 1.29 is 32.9 Å². The Bertz CT molecular complexity index is 946. The van der Waals surface area contributed by atoms with Gasteiger partial charge >= 0.3 is 5.97 Å². The zero-order valence-corrected chi connectivity index (χ0v) is 17.8. The van der Waals surface area contributed by atoms with E-state index in [1.54, 1.807) is 38.1 Å². The normalized spacial score (nSPS) is 13.7. The predicted molar refractivity (Wildman–Crippen MR) is 110 cm³/mol. The van der Waals surface area contributed by atoms with Gasteiger partial charge in [-0.3, -0.25) is 4.79 Å². The maximum Gasteiger partial charge on any atom is 0.329 e. The van der Waals surface area contributed by atoms with E-state index >= 15 is 0 Å². The lowest BCUT2D eigenvalue weighted by Crippen LogP contribution is -2.45. The van der Waals surface area contributed by atoms with Crippen LogP contribution in [0.25, 0.3) is 0 Å². The molecule has 1 atom stereocenters. The van der Waals surface area contributed by atoms with Crippen molar-refractivity contribution in [3.63, 3.8) is 0 Å². The Morgan fingerprint density at radius 1 is 1.23 bits per heavy atom. The number of fused-ring (bicyclic) bond motifs is 1. The van der Waals surface area contributed by atoms with Crippen molar-refractivity contribution in [3.8, 4) is 11.5 Å². The van der Waals surface area contributed by atoms with Gasteiger partial charge in [0.15, 0.2) is 6.79 Å². The molecule has 3 rings (SSSR count). The molecule has 2 aromatic rings. The first-order chi connectivity index (χ1) is 14.9. The summed E-state index contributed by atoms with van der Waals surface area (Å²) < 4.78 is 35.4. The van der Waals surface area contributed by atoms with E-state index in [4.69, 9.17) is 18.9 Å². The van der Waals surface area contributed by atoms with E-state index in [0.717, 1.165) is 0 Å². The average molecular weight is 431 g/mol. The number of ether oxygens (including phenoxy) is 4. The molecule has 0 fully saturated rings. The third kappa shape index (κ3) is 5.52. The fourth-order valence-electron chi connectivity index (χ4n) is 3.25. The van der Waals surface area contributed by atoms with E-state index in [2.05, 4.69) is 5.32 Å². The molecule has 1 aliphatic heterocycles. The van der Waals surface area contributed by atoms with Gasteiger partial charge < -0.3 is 24.3 Å². The number of halogens is 1. The Morgan fingerprint density at radius 3 is 2.74 bits per heavy atom. The summed E-state index contributed by atoms with van der Waals surface area (Å²) in [6.07, 6.45) is 0. The fraction of sp³-hybridized carbons (Fsp3) is 0.391. The van der Waals surface area contributed by atoms with Crippen LogP contribution in [0, 0.1) is 11.7 Å². The van der Waals surface area contributed by atoms with Crippen LogP contribution in [-0.4, -0.2) is 31.3 Å². The van der Waals surface area contributed by atoms with Crippen LogP contribution in [0.2, 0.25) is 0 Å². The zero-order chi connectivity index (χ0) is 22.4. The molecule has 2 aromatic carbocycles. The van der Waals surface area contributed by atoms with Crippen LogP contribution in [0.5, 0.6) is 11.5 Å². The summed E-state index contributed by atoms with van der Waals surface area (Å²) in [7, 11) is 0. The van der Waals surface area contributed by atoms with Gasteiger partial charge in [0.25, 0.3) is 5.91 Å². The van der Waals surface area contributed by atoms with E-state index in [9.17, 15) is 14.0 Å². The second kappa shape index (κ2) is 10.3. The highest BCUT2D eigenvalue weighted by atomic mass is 19.1. The first-order valence-corrected chi connectivity index (χ1v) is 10.1. The zero-order valence-electron chi connectivity index (χ0n) is 17.8. The topological polar surface area (TPSA) is 83.1 Å². The predicted octanol–water partition coefficient (Wildman–Crippen LogP) is 3.59. The lowest BCUT2D eigenvalue weighted by atomic mass is 10.0. The standard InChI is InChI=1S/C23H26FNO6/c1-4-29-19-8-6-5-7-18(19)22(26)25-20(14(2)3)23(27)30-12-16-10-17(24)9-15-11-28-13-31-21(15)16/h5-10,14,20H,4,11-13H2,1-3H3,(H,25,26)/t20-/m0/s1. The monoisotopic (exact) mass is 431 g/mol. The highest BCUT2D eigenvalue weighted by molar-refractivity contribution is 5.99. The Morgan fingerprint density at radius 2 is 2.00 bits per heavy atom. The Kier molecular flexibility index (Phi) is 7.46. The van der Waals surface area contributed by atoms with Gasteiger partial charge in [0.05, 0.1) is 18.8 Å². The largest absolute Gasteiger partial charge is 0.493 e. The molecule has 0 bridgehead atoms. The molecule has 1 heterocycles. The van der Waals surface area contributed by atoms with Crippen LogP contribution in [0.15, 0.2) is 36.4 Å². The SMILES string of the molecule is CCOc1ccccc1C(=O)N[C@H](C(=O)OCc1cc(F)cc2c1OCOC2)C(C)C. The molecule has 166 valence electrons. The van der Waals surface area contributed by atoms with Crippen LogP contribution in [-0.2, 0) is 27.5 Å². The van der Waals surface area contributed by atoms with Gasteiger partial charge in [0.1, 0.15) is 30.0 Å². The number of nitrogens with one attached hydrogen (secondary N) is 1. The number of carbonyl (C=O) groups excluding carboxylic acids is 2. The van der Waals surface area contributed by atoms with Crippen LogP contribution in [0.3, 0.4) is 0 Å². The van der Waals surface area contributed by atoms with Crippen molar-refractivity contribution in [2.45, 2.75) is 40.0 Å². The molecular weight excluding hydrogens is 405 g/mol. The van der Waals surface area contributed by atoms with E-state index in [-0.39, 0.29) is 25.9 Å². The van der Waals surface area contributed by atoms with Crippen LogP contribution < -0.4 is 14.8 Å².